The van der Waals surface area contributed by atoms with Gasteiger partial charge in [0, 0.05) is 57.1 Å². The number of hydrogen-bond acceptors (Lipinski definition) is 5. The molecule has 2 aromatic rings. The number of benzene rings is 2. The Labute approximate surface area is 214 Å². The van der Waals surface area contributed by atoms with Crippen molar-refractivity contribution in [1.82, 2.24) is 9.80 Å². The van der Waals surface area contributed by atoms with E-state index < -0.39 is 0 Å². The molecule has 1 amide bonds. The molecular formula is C30H38N2O4. The van der Waals surface area contributed by atoms with Gasteiger partial charge in [0.1, 0.15) is 5.75 Å². The maximum atomic E-state index is 13.4. The molecule has 5 rings (SSSR count). The second kappa shape index (κ2) is 10.3. The van der Waals surface area contributed by atoms with Crippen LogP contribution in [0.4, 0.5) is 0 Å². The third-order valence-corrected chi connectivity index (χ3v) is 8.67. The molecular weight excluding hydrogens is 452 g/mol. The average molecular weight is 491 g/mol. The van der Waals surface area contributed by atoms with E-state index in [1.54, 1.807) is 0 Å². The normalized spacial score (nSPS) is 28.2. The first-order valence-corrected chi connectivity index (χ1v) is 13.3. The molecule has 1 aliphatic heterocycles. The van der Waals surface area contributed by atoms with Crippen molar-refractivity contribution >= 4 is 11.9 Å². The number of ether oxygens (including phenoxy) is 2. The third-order valence-electron chi connectivity index (χ3n) is 8.67. The number of piperidine rings is 1. The summed E-state index contributed by atoms with van der Waals surface area (Å²) in [7, 11) is 3.74. The lowest BCUT2D eigenvalue weighted by Gasteiger charge is -2.56. The van der Waals surface area contributed by atoms with Crippen LogP contribution in [0.25, 0.3) is 0 Å². The minimum atomic E-state index is -0.315. The Hall–Kier alpha value is -2.70. The van der Waals surface area contributed by atoms with Gasteiger partial charge in [-0.25, -0.2) is 0 Å². The van der Waals surface area contributed by atoms with Crippen LogP contribution in [-0.2, 0) is 14.9 Å². The predicted molar refractivity (Wildman–Crippen MR) is 139 cm³/mol. The molecule has 36 heavy (non-hydrogen) atoms. The molecule has 4 atom stereocenters. The van der Waals surface area contributed by atoms with E-state index in [4.69, 9.17) is 9.47 Å². The van der Waals surface area contributed by atoms with Gasteiger partial charge in [-0.15, -0.1) is 0 Å². The molecule has 2 saturated carbocycles. The number of fused-ring (bicyclic) bond motifs is 1. The van der Waals surface area contributed by atoms with Crippen LogP contribution in [0, 0.1) is 11.8 Å². The van der Waals surface area contributed by atoms with Crippen LogP contribution in [0.3, 0.4) is 0 Å². The highest BCUT2D eigenvalue weighted by molar-refractivity contribution is 5.94. The molecule has 6 heteroatoms. The SMILES string of the molecule is COC1C[C@H](N(C)C(=O)c2ccccc2)C[C@]2(c3cccc(OC(C)=O)c3)CCN(CC3CC3)C[C@@H]12. The van der Waals surface area contributed by atoms with Gasteiger partial charge in [-0.1, -0.05) is 30.3 Å². The van der Waals surface area contributed by atoms with E-state index in [0.717, 1.165) is 38.3 Å². The summed E-state index contributed by atoms with van der Waals surface area (Å²) in [5.74, 6) is 1.46. The summed E-state index contributed by atoms with van der Waals surface area (Å²) >= 11 is 0. The van der Waals surface area contributed by atoms with E-state index in [9.17, 15) is 9.59 Å². The lowest BCUT2D eigenvalue weighted by molar-refractivity contribution is -0.131. The molecule has 2 aromatic carbocycles. The lowest BCUT2D eigenvalue weighted by Crippen LogP contribution is -2.61. The largest absolute Gasteiger partial charge is 0.427 e. The maximum absolute atomic E-state index is 13.4. The van der Waals surface area contributed by atoms with E-state index in [2.05, 4.69) is 11.0 Å². The number of nitrogens with zero attached hydrogens (tertiary/aromatic N) is 2. The predicted octanol–water partition coefficient (Wildman–Crippen LogP) is 4.53. The average Bonchev–Trinajstić information content (AvgIpc) is 3.71. The number of carbonyl (C=O) groups is 2. The number of carbonyl (C=O) groups excluding carboxylic acids is 2. The van der Waals surface area contributed by atoms with E-state index in [-0.39, 0.29) is 29.4 Å². The first-order valence-electron chi connectivity index (χ1n) is 13.3. The molecule has 3 fully saturated rings. The summed E-state index contributed by atoms with van der Waals surface area (Å²) in [6, 6.07) is 17.6. The van der Waals surface area contributed by atoms with Gasteiger partial charge in [0.05, 0.1) is 6.10 Å². The Morgan fingerprint density at radius 1 is 1.11 bits per heavy atom. The van der Waals surface area contributed by atoms with Crippen LogP contribution in [0.15, 0.2) is 54.6 Å². The Kier molecular flexibility index (Phi) is 7.18. The van der Waals surface area contributed by atoms with E-state index in [1.165, 1.54) is 31.9 Å². The summed E-state index contributed by atoms with van der Waals surface area (Å²) in [5.41, 5.74) is 1.73. The fourth-order valence-corrected chi connectivity index (χ4v) is 6.60. The smallest absolute Gasteiger partial charge is 0.308 e. The molecule has 3 aliphatic rings. The van der Waals surface area contributed by atoms with Gasteiger partial charge in [-0.3, -0.25) is 9.59 Å². The van der Waals surface area contributed by atoms with Gasteiger partial charge >= 0.3 is 5.97 Å². The number of esters is 1. The second-order valence-electron chi connectivity index (χ2n) is 11.0. The lowest BCUT2D eigenvalue weighted by atomic mass is 9.56. The van der Waals surface area contributed by atoms with Gasteiger partial charge in [0.25, 0.3) is 5.91 Å². The first kappa shape index (κ1) is 25.0. The van der Waals surface area contributed by atoms with Gasteiger partial charge in [0.2, 0.25) is 0 Å². The number of likely N-dealkylation sites (tertiary alicyclic amines) is 1. The third kappa shape index (κ3) is 5.07. The first-order chi connectivity index (χ1) is 17.4. The molecule has 0 aromatic heterocycles. The van der Waals surface area contributed by atoms with Crippen molar-refractivity contribution in [2.24, 2.45) is 11.8 Å². The Balaban J connectivity index is 1.49. The van der Waals surface area contributed by atoms with Crippen LogP contribution in [0.1, 0.15) is 54.9 Å². The highest BCUT2D eigenvalue weighted by Crippen LogP contribution is 2.51. The van der Waals surface area contributed by atoms with E-state index in [1.807, 2.05) is 67.6 Å². The van der Waals surface area contributed by atoms with Crippen molar-refractivity contribution in [2.75, 3.05) is 33.8 Å². The molecule has 0 spiro atoms. The highest BCUT2D eigenvalue weighted by atomic mass is 16.5. The number of hydrogen-bond donors (Lipinski definition) is 0. The van der Waals surface area contributed by atoms with Crippen LogP contribution < -0.4 is 4.74 Å². The van der Waals surface area contributed by atoms with Crippen molar-refractivity contribution in [1.29, 1.82) is 0 Å². The fraction of sp³-hybridized carbons (Fsp3) is 0.533. The topological polar surface area (TPSA) is 59.1 Å². The molecule has 6 nitrogen and oxygen atoms in total. The zero-order chi connectivity index (χ0) is 25.3. The molecule has 1 heterocycles. The minimum absolute atomic E-state index is 0.0363. The Morgan fingerprint density at radius 2 is 1.89 bits per heavy atom. The van der Waals surface area contributed by atoms with Crippen molar-refractivity contribution in [3.63, 3.8) is 0 Å². The van der Waals surface area contributed by atoms with Crippen molar-refractivity contribution in [3.05, 3.63) is 65.7 Å². The van der Waals surface area contributed by atoms with Crippen LogP contribution >= 0.6 is 0 Å². The van der Waals surface area contributed by atoms with Gasteiger partial charge in [-0.2, -0.15) is 0 Å². The zero-order valence-electron chi connectivity index (χ0n) is 21.7. The molecule has 1 saturated heterocycles. The highest BCUT2D eigenvalue weighted by Gasteiger charge is 2.54. The van der Waals surface area contributed by atoms with Crippen LogP contribution in [0.5, 0.6) is 5.75 Å². The number of rotatable bonds is 7. The molecule has 192 valence electrons. The zero-order valence-corrected chi connectivity index (χ0v) is 21.7. The Morgan fingerprint density at radius 3 is 2.58 bits per heavy atom. The van der Waals surface area contributed by atoms with E-state index in [0.29, 0.717) is 17.2 Å². The van der Waals surface area contributed by atoms with Crippen molar-refractivity contribution < 1.29 is 19.1 Å². The van der Waals surface area contributed by atoms with Crippen LogP contribution in [0.2, 0.25) is 0 Å². The molecule has 0 bridgehead atoms. The molecule has 1 unspecified atom stereocenters. The Bertz CT molecular complexity index is 1090. The van der Waals surface area contributed by atoms with Crippen molar-refractivity contribution in [3.8, 4) is 5.75 Å². The van der Waals surface area contributed by atoms with E-state index >= 15 is 0 Å². The molecule has 2 aliphatic carbocycles. The van der Waals surface area contributed by atoms with Gasteiger partial charge in [0.15, 0.2) is 0 Å². The van der Waals surface area contributed by atoms with Gasteiger partial charge < -0.3 is 19.3 Å². The van der Waals surface area contributed by atoms with Crippen LogP contribution in [-0.4, -0.2) is 67.6 Å². The summed E-state index contributed by atoms with van der Waals surface area (Å²) < 4.78 is 11.7. The fourth-order valence-electron chi connectivity index (χ4n) is 6.60. The standard InChI is InChI=1S/C30H38N2O4/c1-21(33)36-26-11-7-10-24(16-26)30-14-15-32(19-22-12-13-22)20-27(30)28(35-3)17-25(18-30)31(2)29(34)23-8-5-4-6-9-23/h4-11,16,22,25,27-28H,12-15,17-20H2,1-3H3/t25-,27-,28?,30-/m0/s1. The van der Waals surface area contributed by atoms with Gasteiger partial charge in [-0.05, 0) is 74.4 Å². The minimum Gasteiger partial charge on any atom is -0.427 e. The number of methoxy groups -OCH3 is 1. The second-order valence-corrected chi connectivity index (χ2v) is 11.0. The van der Waals surface area contributed by atoms with Crippen molar-refractivity contribution in [2.45, 2.75) is 56.6 Å². The monoisotopic (exact) mass is 490 g/mol. The quantitative estimate of drug-likeness (QED) is 0.422. The number of amides is 1. The summed E-state index contributed by atoms with van der Waals surface area (Å²) in [4.78, 5) is 29.7. The molecule has 0 radical (unpaired) electrons. The molecule has 0 N–H and O–H groups in total. The maximum Gasteiger partial charge on any atom is 0.308 e. The summed E-state index contributed by atoms with van der Waals surface area (Å²) in [5, 5.41) is 0. The summed E-state index contributed by atoms with van der Waals surface area (Å²) in [6.45, 7) is 4.64. The summed E-state index contributed by atoms with van der Waals surface area (Å²) in [6.07, 6.45) is 5.41.